The summed E-state index contributed by atoms with van der Waals surface area (Å²) in [7, 11) is -4.43. The fourth-order valence-corrected chi connectivity index (χ4v) is 6.42. The van der Waals surface area contributed by atoms with Gasteiger partial charge in [-0.05, 0) is 49.2 Å². The zero-order chi connectivity index (χ0) is 31.0. The highest BCUT2D eigenvalue weighted by Gasteiger charge is 2.49. The van der Waals surface area contributed by atoms with Crippen molar-refractivity contribution in [2.75, 3.05) is 0 Å². The molecule has 16 heteroatoms. The molecule has 1 fully saturated rings. The average Bonchev–Trinajstić information content (AvgIpc) is 3.25. The van der Waals surface area contributed by atoms with Gasteiger partial charge in [-0.2, -0.15) is 35.9 Å². The minimum atomic E-state index is -4.91. The van der Waals surface area contributed by atoms with E-state index in [2.05, 4.69) is 15.0 Å². The molecule has 1 aliphatic heterocycles. The van der Waals surface area contributed by atoms with Crippen molar-refractivity contribution < 1.29 is 43.9 Å². The second-order valence-electron chi connectivity index (χ2n) is 9.46. The molecule has 1 aliphatic rings. The molecule has 3 aromatic rings. The largest absolute Gasteiger partial charge is 0.451 e. The standard InChI is InChI=1S/C26H20F7N5O3S/c1-14-20(27)9-22(38(14)42(40,41)18-5-2-15(10-34)3-6-18)23(39)7-4-16-8-21(35-13-19(16)25(28,29)30)17-11-36-24(37-12-17)26(31,32)33/h2-3,5-6,8,11-14,20,22H,4,7,9H2,1H3/t14-,20+,22-/m0/s1. The summed E-state index contributed by atoms with van der Waals surface area (Å²) < 4.78 is 122. The number of carbonyl (C=O) groups is 1. The Hall–Kier alpha value is -3.97. The van der Waals surface area contributed by atoms with E-state index in [1.165, 1.54) is 19.1 Å². The number of aryl methyl sites for hydroxylation is 1. The number of hydrogen-bond donors (Lipinski definition) is 0. The van der Waals surface area contributed by atoms with Crippen LogP contribution in [0.25, 0.3) is 11.3 Å². The Morgan fingerprint density at radius 3 is 2.19 bits per heavy atom. The van der Waals surface area contributed by atoms with Gasteiger partial charge in [0.05, 0.1) is 39.9 Å². The van der Waals surface area contributed by atoms with Gasteiger partial charge >= 0.3 is 12.4 Å². The topological polar surface area (TPSA) is 117 Å². The quantitative estimate of drug-likeness (QED) is 0.338. The summed E-state index contributed by atoms with van der Waals surface area (Å²) in [4.78, 5) is 22.9. The van der Waals surface area contributed by atoms with Crippen molar-refractivity contribution in [1.82, 2.24) is 19.3 Å². The second kappa shape index (κ2) is 11.4. The summed E-state index contributed by atoms with van der Waals surface area (Å²) in [5, 5.41) is 8.95. The normalized spacial score (nSPS) is 19.9. The summed E-state index contributed by atoms with van der Waals surface area (Å²) >= 11 is 0. The van der Waals surface area contributed by atoms with Gasteiger partial charge in [-0.3, -0.25) is 9.78 Å². The molecule has 222 valence electrons. The van der Waals surface area contributed by atoms with E-state index in [4.69, 9.17) is 5.26 Å². The predicted octanol–water partition coefficient (Wildman–Crippen LogP) is 5.14. The first-order valence-corrected chi connectivity index (χ1v) is 13.6. The van der Waals surface area contributed by atoms with E-state index in [-0.39, 0.29) is 21.7 Å². The molecule has 2 aromatic heterocycles. The molecule has 8 nitrogen and oxygen atoms in total. The molecule has 3 atom stereocenters. The Morgan fingerprint density at radius 2 is 1.64 bits per heavy atom. The number of hydrogen-bond acceptors (Lipinski definition) is 7. The van der Waals surface area contributed by atoms with Crippen molar-refractivity contribution in [3.8, 4) is 17.3 Å². The molecule has 3 heterocycles. The molecule has 42 heavy (non-hydrogen) atoms. The van der Waals surface area contributed by atoms with Gasteiger partial charge in [0.25, 0.3) is 0 Å². The number of benzene rings is 1. The third-order valence-electron chi connectivity index (χ3n) is 6.75. The fraction of sp³-hybridized carbons (Fsp3) is 0.346. The maximum Gasteiger partial charge on any atom is 0.451 e. The summed E-state index contributed by atoms with van der Waals surface area (Å²) in [6.45, 7) is 1.27. The number of pyridine rings is 1. The van der Waals surface area contributed by atoms with Gasteiger partial charge in [0.2, 0.25) is 15.8 Å². The number of nitriles is 1. The number of Topliss-reactive ketones (excluding diaryl/α,β-unsaturated/α-hetero) is 1. The Bertz CT molecular complexity index is 1620. The second-order valence-corrected chi connectivity index (χ2v) is 11.3. The predicted molar refractivity (Wildman–Crippen MR) is 132 cm³/mol. The monoisotopic (exact) mass is 615 g/mol. The molecular weight excluding hydrogens is 595 g/mol. The van der Waals surface area contributed by atoms with Crippen LogP contribution in [0.15, 0.2) is 53.8 Å². The van der Waals surface area contributed by atoms with Crippen LogP contribution < -0.4 is 0 Å². The third-order valence-corrected chi connectivity index (χ3v) is 8.76. The number of aromatic nitrogens is 3. The van der Waals surface area contributed by atoms with E-state index in [1.807, 2.05) is 6.07 Å². The first-order valence-electron chi connectivity index (χ1n) is 12.2. The van der Waals surface area contributed by atoms with E-state index in [0.717, 1.165) is 30.6 Å². The lowest BCUT2D eigenvalue weighted by molar-refractivity contribution is -0.145. The Morgan fingerprint density at radius 1 is 1.02 bits per heavy atom. The van der Waals surface area contributed by atoms with Crippen molar-refractivity contribution in [1.29, 1.82) is 5.26 Å². The van der Waals surface area contributed by atoms with Gasteiger partial charge < -0.3 is 0 Å². The lowest BCUT2D eigenvalue weighted by atomic mass is 9.98. The Kier molecular flexibility index (Phi) is 8.38. The maximum absolute atomic E-state index is 14.7. The molecule has 0 radical (unpaired) electrons. The number of alkyl halides is 7. The highest BCUT2D eigenvalue weighted by molar-refractivity contribution is 7.89. The molecule has 0 spiro atoms. The molecule has 0 amide bonds. The van der Waals surface area contributed by atoms with E-state index in [9.17, 15) is 43.9 Å². The summed E-state index contributed by atoms with van der Waals surface area (Å²) in [6, 6.07) is 4.74. The Labute approximate surface area is 234 Å². The van der Waals surface area contributed by atoms with Crippen LogP contribution in [0.1, 0.15) is 42.3 Å². The van der Waals surface area contributed by atoms with Crippen LogP contribution in [0.2, 0.25) is 0 Å². The van der Waals surface area contributed by atoms with Crippen LogP contribution in [0.3, 0.4) is 0 Å². The smallest absolute Gasteiger partial charge is 0.298 e. The number of rotatable bonds is 7. The molecule has 0 aliphatic carbocycles. The number of carbonyl (C=O) groups excluding carboxylic acids is 1. The summed E-state index contributed by atoms with van der Waals surface area (Å²) in [5.74, 6) is -2.29. The number of nitrogens with zero attached hydrogens (tertiary/aromatic N) is 5. The van der Waals surface area contributed by atoms with E-state index in [0.29, 0.717) is 10.5 Å². The van der Waals surface area contributed by atoms with Gasteiger partial charge in [0.15, 0.2) is 5.78 Å². The Balaban J connectivity index is 1.61. The van der Waals surface area contributed by atoms with Crippen LogP contribution in [0.5, 0.6) is 0 Å². The maximum atomic E-state index is 14.7. The third kappa shape index (κ3) is 6.26. The van der Waals surface area contributed by atoms with Crippen molar-refractivity contribution in [3.63, 3.8) is 0 Å². The van der Waals surface area contributed by atoms with E-state index >= 15 is 0 Å². The van der Waals surface area contributed by atoms with Gasteiger partial charge in [0.1, 0.15) is 6.17 Å². The van der Waals surface area contributed by atoms with Crippen molar-refractivity contribution in [2.45, 2.75) is 61.7 Å². The zero-order valence-electron chi connectivity index (χ0n) is 21.5. The van der Waals surface area contributed by atoms with Crippen molar-refractivity contribution in [3.05, 3.63) is 71.4 Å². The van der Waals surface area contributed by atoms with Crippen LogP contribution >= 0.6 is 0 Å². The van der Waals surface area contributed by atoms with Crippen molar-refractivity contribution >= 4 is 15.8 Å². The number of halogens is 7. The van der Waals surface area contributed by atoms with Gasteiger partial charge in [-0.15, -0.1) is 0 Å². The lowest BCUT2D eigenvalue weighted by Crippen LogP contribution is -2.44. The highest BCUT2D eigenvalue weighted by Crippen LogP contribution is 2.36. The van der Waals surface area contributed by atoms with Crippen LogP contribution in [-0.2, 0) is 33.6 Å². The fourth-order valence-electron chi connectivity index (χ4n) is 4.59. The van der Waals surface area contributed by atoms with Crippen LogP contribution in [-0.4, -0.2) is 51.7 Å². The summed E-state index contributed by atoms with van der Waals surface area (Å²) in [5.41, 5.74) is -1.79. The van der Waals surface area contributed by atoms with Gasteiger partial charge in [0, 0.05) is 37.0 Å². The van der Waals surface area contributed by atoms with Gasteiger partial charge in [-0.1, -0.05) is 0 Å². The average molecular weight is 616 g/mol. The van der Waals surface area contributed by atoms with E-state index < -0.39 is 82.6 Å². The van der Waals surface area contributed by atoms with Gasteiger partial charge in [-0.25, -0.2) is 22.8 Å². The minimum Gasteiger partial charge on any atom is -0.298 e. The first kappa shape index (κ1) is 31.0. The molecule has 0 N–H and O–H groups in total. The summed E-state index contributed by atoms with van der Waals surface area (Å²) in [6.07, 6.45) is -11.2. The van der Waals surface area contributed by atoms with E-state index in [1.54, 1.807) is 0 Å². The molecule has 4 rings (SSSR count). The molecular formula is C26H20F7N5O3S. The van der Waals surface area contributed by atoms with Crippen LogP contribution in [0.4, 0.5) is 30.7 Å². The molecule has 0 saturated carbocycles. The molecule has 0 unspecified atom stereocenters. The highest BCUT2D eigenvalue weighted by atomic mass is 32.2. The van der Waals surface area contributed by atoms with Crippen molar-refractivity contribution in [2.24, 2.45) is 0 Å². The minimum absolute atomic E-state index is 0.117. The molecule has 1 aromatic carbocycles. The first-order chi connectivity index (χ1) is 19.5. The zero-order valence-corrected chi connectivity index (χ0v) is 22.3. The SMILES string of the molecule is C[C@H]1[C@H](F)C[C@@H](C(=O)CCc2cc(-c3cnc(C(F)(F)F)nc3)ncc2C(F)(F)F)N1S(=O)(=O)c1ccc(C#N)cc1. The lowest BCUT2D eigenvalue weighted by Gasteiger charge is -2.27. The molecule has 0 bridgehead atoms. The molecule has 1 saturated heterocycles. The van der Waals surface area contributed by atoms with Crippen LogP contribution in [0, 0.1) is 11.3 Å². The number of sulfonamides is 1. The number of ketones is 1.